The highest BCUT2D eigenvalue weighted by Crippen LogP contribution is 2.14. The van der Waals surface area contributed by atoms with Gasteiger partial charge in [-0.15, -0.1) is 0 Å². The highest BCUT2D eigenvalue weighted by molar-refractivity contribution is 6.30. The predicted molar refractivity (Wildman–Crippen MR) is 135 cm³/mol. The maximum absolute atomic E-state index is 13.3. The third-order valence-corrected chi connectivity index (χ3v) is 5.99. The number of benzene rings is 3. The predicted octanol–water partition coefficient (Wildman–Crippen LogP) is 4.27. The van der Waals surface area contributed by atoms with Crippen molar-refractivity contribution in [2.24, 2.45) is 0 Å². The summed E-state index contributed by atoms with van der Waals surface area (Å²) in [6, 6.07) is 22.3. The fourth-order valence-corrected chi connectivity index (χ4v) is 4.14. The summed E-state index contributed by atoms with van der Waals surface area (Å²) in [6.45, 7) is 2.91. The van der Waals surface area contributed by atoms with Crippen LogP contribution in [0, 0.1) is 6.92 Å². The molecule has 0 saturated heterocycles. The molecule has 0 aliphatic carbocycles. The summed E-state index contributed by atoms with van der Waals surface area (Å²) in [6.07, 6.45) is 0.600. The molecule has 1 N–H and O–H groups in total. The Bertz CT molecular complexity index is 1440. The summed E-state index contributed by atoms with van der Waals surface area (Å²) in [4.78, 5) is 38.7. The normalized spacial score (nSPS) is 11.0. The average molecular weight is 476 g/mol. The van der Waals surface area contributed by atoms with Gasteiger partial charge in [0, 0.05) is 24.5 Å². The van der Waals surface area contributed by atoms with E-state index in [-0.39, 0.29) is 31.0 Å². The molecule has 0 aliphatic heterocycles. The molecule has 1 aromatic heterocycles. The SMILES string of the molecule is Cc1ccc(CNC(=O)CCCn2c(=O)c3ccccc3n(Cc3cccc(Cl)c3)c2=O)cc1. The van der Waals surface area contributed by atoms with Gasteiger partial charge < -0.3 is 5.32 Å². The Morgan fingerprint density at radius 1 is 0.912 bits per heavy atom. The zero-order valence-corrected chi connectivity index (χ0v) is 19.7. The molecule has 0 bridgehead atoms. The quantitative estimate of drug-likeness (QED) is 0.413. The van der Waals surface area contributed by atoms with Crippen LogP contribution in [-0.4, -0.2) is 15.0 Å². The molecule has 1 amide bonds. The van der Waals surface area contributed by atoms with Crippen LogP contribution in [0.15, 0.2) is 82.4 Å². The lowest BCUT2D eigenvalue weighted by molar-refractivity contribution is -0.121. The van der Waals surface area contributed by atoms with Gasteiger partial charge in [-0.3, -0.25) is 18.7 Å². The monoisotopic (exact) mass is 475 g/mol. The summed E-state index contributed by atoms with van der Waals surface area (Å²) in [5, 5.41) is 3.94. The number of carbonyl (C=O) groups excluding carboxylic acids is 1. The summed E-state index contributed by atoms with van der Waals surface area (Å²) in [5.74, 6) is -0.117. The Kier molecular flexibility index (Phi) is 7.28. The Labute approximate surface area is 202 Å². The number of halogens is 1. The first-order valence-electron chi connectivity index (χ1n) is 11.2. The van der Waals surface area contributed by atoms with Crippen LogP contribution >= 0.6 is 11.6 Å². The number of amides is 1. The van der Waals surface area contributed by atoms with Crippen molar-refractivity contribution < 1.29 is 4.79 Å². The zero-order valence-electron chi connectivity index (χ0n) is 19.0. The maximum Gasteiger partial charge on any atom is 0.331 e. The fraction of sp³-hybridized carbons (Fsp3) is 0.222. The highest BCUT2D eigenvalue weighted by Gasteiger charge is 2.14. The molecule has 0 atom stereocenters. The van der Waals surface area contributed by atoms with Gasteiger partial charge in [-0.1, -0.05) is 65.7 Å². The largest absolute Gasteiger partial charge is 0.352 e. The number of aromatic nitrogens is 2. The van der Waals surface area contributed by atoms with Crippen molar-refractivity contribution >= 4 is 28.4 Å². The van der Waals surface area contributed by atoms with E-state index in [1.165, 1.54) is 4.57 Å². The van der Waals surface area contributed by atoms with Crippen molar-refractivity contribution in [3.05, 3.63) is 115 Å². The first-order chi connectivity index (χ1) is 16.4. The number of carbonyl (C=O) groups is 1. The Hall–Kier alpha value is -3.64. The first kappa shape index (κ1) is 23.5. The van der Waals surface area contributed by atoms with Crippen molar-refractivity contribution in [3.63, 3.8) is 0 Å². The minimum absolute atomic E-state index is 0.117. The van der Waals surface area contributed by atoms with Crippen molar-refractivity contribution in [1.82, 2.24) is 14.5 Å². The summed E-state index contributed by atoms with van der Waals surface area (Å²) < 4.78 is 2.81. The molecule has 174 valence electrons. The standard InChI is InChI=1S/C27H26ClN3O3/c1-19-11-13-20(14-12-19)17-29-25(32)10-5-15-30-26(33)23-8-2-3-9-24(23)31(27(30)34)18-21-6-4-7-22(28)16-21/h2-4,6-9,11-14,16H,5,10,15,17-18H2,1H3,(H,29,32). The molecule has 1 heterocycles. The van der Waals surface area contributed by atoms with Crippen molar-refractivity contribution in [2.45, 2.75) is 39.4 Å². The van der Waals surface area contributed by atoms with Gasteiger partial charge in [-0.05, 0) is 48.7 Å². The topological polar surface area (TPSA) is 73.1 Å². The highest BCUT2D eigenvalue weighted by atomic mass is 35.5. The lowest BCUT2D eigenvalue weighted by atomic mass is 10.1. The number of rotatable bonds is 8. The molecule has 0 aliphatic rings. The molecule has 0 fully saturated rings. The van der Waals surface area contributed by atoms with Crippen molar-refractivity contribution in [1.29, 1.82) is 0 Å². The molecule has 3 aromatic carbocycles. The number of nitrogens with zero attached hydrogens (tertiary/aromatic N) is 2. The lowest BCUT2D eigenvalue weighted by Crippen LogP contribution is -2.40. The van der Waals surface area contributed by atoms with Crippen LogP contribution in [0.5, 0.6) is 0 Å². The van der Waals surface area contributed by atoms with E-state index in [1.807, 2.05) is 43.3 Å². The number of hydrogen-bond donors (Lipinski definition) is 1. The average Bonchev–Trinajstić information content (AvgIpc) is 2.83. The molecule has 4 rings (SSSR count). The smallest absolute Gasteiger partial charge is 0.331 e. The van der Waals surface area contributed by atoms with Crippen LogP contribution in [0.25, 0.3) is 10.9 Å². The van der Waals surface area contributed by atoms with Gasteiger partial charge in [0.2, 0.25) is 5.91 Å². The number of hydrogen-bond acceptors (Lipinski definition) is 3. The van der Waals surface area contributed by atoms with Crippen LogP contribution in [0.3, 0.4) is 0 Å². The molecular formula is C27H26ClN3O3. The van der Waals surface area contributed by atoms with E-state index in [4.69, 9.17) is 11.6 Å². The van der Waals surface area contributed by atoms with Gasteiger partial charge in [-0.25, -0.2) is 4.79 Å². The van der Waals surface area contributed by atoms with Gasteiger partial charge in [0.15, 0.2) is 0 Å². The van der Waals surface area contributed by atoms with Crippen molar-refractivity contribution in [2.75, 3.05) is 0 Å². The minimum Gasteiger partial charge on any atom is -0.352 e. The molecular weight excluding hydrogens is 450 g/mol. The second-order valence-corrected chi connectivity index (χ2v) is 8.77. The second kappa shape index (κ2) is 10.5. The fourth-order valence-electron chi connectivity index (χ4n) is 3.93. The molecule has 0 spiro atoms. The van der Waals surface area contributed by atoms with E-state index in [9.17, 15) is 14.4 Å². The minimum atomic E-state index is -0.399. The van der Waals surface area contributed by atoms with Gasteiger partial charge in [-0.2, -0.15) is 0 Å². The Morgan fingerprint density at radius 2 is 1.68 bits per heavy atom. The van der Waals surface area contributed by atoms with E-state index in [2.05, 4.69) is 5.32 Å². The second-order valence-electron chi connectivity index (χ2n) is 8.34. The number of para-hydroxylation sites is 1. The van der Waals surface area contributed by atoms with Crippen LogP contribution in [0.1, 0.15) is 29.5 Å². The molecule has 6 nitrogen and oxygen atoms in total. The van der Waals surface area contributed by atoms with E-state index in [0.29, 0.717) is 28.9 Å². The molecule has 7 heteroatoms. The Morgan fingerprint density at radius 3 is 2.44 bits per heavy atom. The van der Waals surface area contributed by atoms with Gasteiger partial charge in [0.05, 0.1) is 17.4 Å². The van der Waals surface area contributed by atoms with Crippen LogP contribution in [0.2, 0.25) is 5.02 Å². The number of fused-ring (bicyclic) bond motifs is 1. The number of aryl methyl sites for hydroxylation is 1. The van der Waals surface area contributed by atoms with Crippen LogP contribution in [0.4, 0.5) is 0 Å². The third-order valence-electron chi connectivity index (χ3n) is 5.76. The van der Waals surface area contributed by atoms with Gasteiger partial charge in [0.25, 0.3) is 5.56 Å². The number of nitrogens with one attached hydrogen (secondary N) is 1. The van der Waals surface area contributed by atoms with Gasteiger partial charge in [0.1, 0.15) is 0 Å². The molecule has 0 radical (unpaired) electrons. The summed E-state index contributed by atoms with van der Waals surface area (Å²) in [5.41, 5.74) is 2.88. The zero-order chi connectivity index (χ0) is 24.1. The van der Waals surface area contributed by atoms with Crippen LogP contribution in [-0.2, 0) is 24.4 Å². The van der Waals surface area contributed by atoms with Crippen molar-refractivity contribution in [3.8, 4) is 0 Å². The van der Waals surface area contributed by atoms with E-state index < -0.39 is 5.69 Å². The van der Waals surface area contributed by atoms with Crippen LogP contribution < -0.4 is 16.6 Å². The lowest BCUT2D eigenvalue weighted by Gasteiger charge is -2.14. The molecule has 34 heavy (non-hydrogen) atoms. The van der Waals surface area contributed by atoms with E-state index in [1.54, 1.807) is 41.0 Å². The summed E-state index contributed by atoms with van der Waals surface area (Å²) in [7, 11) is 0. The first-order valence-corrected chi connectivity index (χ1v) is 11.6. The molecule has 0 unspecified atom stereocenters. The molecule has 0 saturated carbocycles. The third kappa shape index (κ3) is 5.46. The van der Waals surface area contributed by atoms with E-state index in [0.717, 1.165) is 16.7 Å². The van der Waals surface area contributed by atoms with Gasteiger partial charge >= 0.3 is 5.69 Å². The summed E-state index contributed by atoms with van der Waals surface area (Å²) >= 11 is 6.11. The Balaban J connectivity index is 1.50. The van der Waals surface area contributed by atoms with E-state index >= 15 is 0 Å². The maximum atomic E-state index is 13.3. The molecule has 4 aromatic rings.